The molecular formula is C79H86N8O12S3. The van der Waals surface area contributed by atoms with Gasteiger partial charge in [-0.05, 0) is 122 Å². The van der Waals surface area contributed by atoms with Crippen LogP contribution >= 0.6 is 11.3 Å². The molecule has 0 aliphatic carbocycles. The van der Waals surface area contributed by atoms with Crippen LogP contribution in [0.25, 0.3) is 10.1 Å². The van der Waals surface area contributed by atoms with E-state index in [1.807, 2.05) is 72.8 Å². The maximum Gasteiger partial charge on any atom is 0.264 e. The van der Waals surface area contributed by atoms with E-state index in [1.165, 1.54) is 46.5 Å². The van der Waals surface area contributed by atoms with Gasteiger partial charge in [0.1, 0.15) is 4.90 Å². The Bertz CT molecular complexity index is 4700. The van der Waals surface area contributed by atoms with E-state index in [4.69, 9.17) is 18.9 Å². The van der Waals surface area contributed by atoms with Gasteiger partial charge in [-0.2, -0.15) is 0 Å². The minimum absolute atomic E-state index is 0.121. The molecule has 5 heterocycles. The molecule has 102 heavy (non-hydrogen) atoms. The Morgan fingerprint density at radius 2 is 0.863 bits per heavy atom. The quantitative estimate of drug-likeness (QED) is 0.0361. The molecular weight excluding hydrogens is 1350 g/mol. The second kappa shape index (κ2) is 32.2. The first kappa shape index (κ1) is 72.3. The van der Waals surface area contributed by atoms with E-state index in [2.05, 4.69) is 91.4 Å². The normalized spacial score (nSPS) is 16.3. The number of amides is 4. The molecule has 8 aromatic carbocycles. The summed E-state index contributed by atoms with van der Waals surface area (Å²) in [6.45, 7) is 10.8. The molecule has 2 fully saturated rings. The van der Waals surface area contributed by atoms with Crippen LogP contribution < -0.4 is 38.2 Å². The summed E-state index contributed by atoms with van der Waals surface area (Å²) >= 11 is 1.38. The lowest BCUT2D eigenvalue weighted by molar-refractivity contribution is 0.0557. The molecule has 4 aliphatic rings. The van der Waals surface area contributed by atoms with Gasteiger partial charge in [-0.1, -0.05) is 133 Å². The van der Waals surface area contributed by atoms with Crippen LogP contribution in [-0.2, 0) is 25.8 Å². The number of hydrogen-bond donors (Lipinski definition) is 2. The number of ether oxygens (including phenoxy) is 4. The molecule has 23 heteroatoms. The maximum atomic E-state index is 14.5. The van der Waals surface area contributed by atoms with Crippen molar-refractivity contribution in [2.75, 3.05) is 104 Å². The molecule has 4 atom stereocenters. The zero-order valence-electron chi connectivity index (χ0n) is 58.2. The van der Waals surface area contributed by atoms with Gasteiger partial charge in [-0.15, -0.1) is 11.3 Å². The third-order valence-corrected chi connectivity index (χ3v) is 23.9. The summed E-state index contributed by atoms with van der Waals surface area (Å²) in [5.74, 6) is 0.392. The van der Waals surface area contributed by atoms with E-state index in [9.17, 15) is 36.0 Å². The van der Waals surface area contributed by atoms with E-state index in [-0.39, 0.29) is 59.5 Å². The SMILES string of the molecule is COc1ccc(C(CCCNS(=O)(=O)Cc2ccccc2)N2C(=O)c3cccc(N4CCN([C@H](C)c5ccccc5)CC4)c3C2=O)cc1OC.COc1ccc(C(CCCNS(=O)(=O)c2csc3ccccc23)N2C(=O)c3cccc(N4CCN([C@H](C)c5ccccc5)CC4)c3C2=O)cc1OC. The number of rotatable bonds is 27. The highest BCUT2D eigenvalue weighted by molar-refractivity contribution is 7.90. The number of sulfonamides is 2. The van der Waals surface area contributed by atoms with E-state index in [0.29, 0.717) is 106 Å². The number of carbonyl (C=O) groups excluding carboxylic acids is 4. The fourth-order valence-electron chi connectivity index (χ4n) is 14.4. The number of anilines is 2. The van der Waals surface area contributed by atoms with Gasteiger partial charge < -0.3 is 28.7 Å². The standard InChI is InChI=1S/C40H42N4O6S2.C39H44N4O6S/c1-27(28-11-5-4-6-12-28)42-21-23-43(24-22-42)33-15-9-14-31-38(33)40(46)44(39(31)45)32(29-18-19-34(49-2)35(25-29)50-3)16-10-20-41-52(47,48)37-26-51-36-17-8-7-13-30(36)37;1-28(30-14-8-5-9-15-30)41-22-24-42(25-23-41)34-17-10-16-32-37(34)39(45)43(38(32)44)33(31-19-20-35(48-2)36(26-31)49-3)18-11-21-40-50(46,47)27-29-12-6-4-7-13-29/h4-9,11-15,17-19,25-27,32,41H,10,16,20-24H2,1-3H3;4-10,12-17,19-20,26,28,33,40H,11,18,21-25,27H2,1-3H3/t27-,32?;28-,33?/m11/s1. The number of piperazine rings is 2. The first-order chi connectivity index (χ1) is 49.4. The van der Waals surface area contributed by atoms with Crippen LogP contribution in [-0.4, -0.2) is 154 Å². The molecule has 4 aliphatic heterocycles. The number of hydrogen-bond acceptors (Lipinski definition) is 17. The Kier molecular flexibility index (Phi) is 22.9. The molecule has 0 spiro atoms. The van der Waals surface area contributed by atoms with Crippen molar-refractivity contribution in [2.45, 2.75) is 74.3 Å². The summed E-state index contributed by atoms with van der Waals surface area (Å²) in [5, 5.41) is 2.33. The average Bonchev–Trinajstić information content (AvgIpc) is 1.61. The summed E-state index contributed by atoms with van der Waals surface area (Å²) in [5.41, 5.74) is 7.69. The minimum Gasteiger partial charge on any atom is -0.493 e. The molecule has 2 unspecified atom stereocenters. The third-order valence-electron chi connectivity index (χ3n) is 19.9. The van der Waals surface area contributed by atoms with Gasteiger partial charge in [-0.3, -0.25) is 38.8 Å². The molecule has 0 saturated carbocycles. The summed E-state index contributed by atoms with van der Waals surface area (Å²) in [6.07, 6.45) is 1.40. The third kappa shape index (κ3) is 15.6. The number of imide groups is 2. The number of nitrogens with one attached hydrogen (secondary N) is 2. The van der Waals surface area contributed by atoms with E-state index >= 15 is 0 Å². The predicted octanol–water partition coefficient (Wildman–Crippen LogP) is 12.7. The van der Waals surface area contributed by atoms with Crippen LogP contribution in [0, 0.1) is 0 Å². The molecule has 9 aromatic rings. The van der Waals surface area contributed by atoms with Gasteiger partial charge in [0.2, 0.25) is 20.0 Å². The summed E-state index contributed by atoms with van der Waals surface area (Å²) in [4.78, 5) is 69.5. The lowest BCUT2D eigenvalue weighted by Crippen LogP contribution is -2.47. The Balaban J connectivity index is 0.000000193. The number of nitrogens with zero attached hydrogens (tertiary/aromatic N) is 6. The van der Waals surface area contributed by atoms with Gasteiger partial charge in [0.25, 0.3) is 23.6 Å². The molecule has 2 saturated heterocycles. The van der Waals surface area contributed by atoms with E-state index in [1.54, 1.807) is 86.3 Å². The van der Waals surface area contributed by atoms with Crippen molar-refractivity contribution in [3.05, 3.63) is 244 Å². The highest BCUT2D eigenvalue weighted by Crippen LogP contribution is 2.44. The van der Waals surface area contributed by atoms with Crippen molar-refractivity contribution in [2.24, 2.45) is 0 Å². The first-order valence-electron chi connectivity index (χ1n) is 34.4. The van der Waals surface area contributed by atoms with Crippen molar-refractivity contribution in [1.82, 2.24) is 29.0 Å². The Labute approximate surface area is 601 Å². The molecule has 532 valence electrons. The van der Waals surface area contributed by atoms with Gasteiger partial charge in [0, 0.05) is 93.0 Å². The molecule has 4 amide bonds. The van der Waals surface area contributed by atoms with Crippen LogP contribution in [0.4, 0.5) is 11.4 Å². The summed E-state index contributed by atoms with van der Waals surface area (Å²) in [6, 6.07) is 58.1. The van der Waals surface area contributed by atoms with Crippen molar-refractivity contribution in [1.29, 1.82) is 0 Å². The lowest BCUT2D eigenvalue weighted by atomic mass is 9.99. The van der Waals surface area contributed by atoms with Crippen LogP contribution in [0.1, 0.15) is 133 Å². The Hall–Kier alpha value is -9.46. The molecule has 0 radical (unpaired) electrons. The topological polar surface area (TPSA) is 217 Å². The second-order valence-electron chi connectivity index (χ2n) is 25.8. The monoisotopic (exact) mass is 1430 g/mol. The number of benzene rings is 8. The fraction of sp³-hybridized carbons (Fsp3) is 0.316. The van der Waals surface area contributed by atoms with Gasteiger partial charge in [0.15, 0.2) is 23.0 Å². The van der Waals surface area contributed by atoms with Crippen LogP contribution in [0.5, 0.6) is 23.0 Å². The van der Waals surface area contributed by atoms with Crippen molar-refractivity contribution in [3.8, 4) is 23.0 Å². The van der Waals surface area contributed by atoms with E-state index in [0.717, 1.165) is 55.3 Å². The molecule has 20 nitrogen and oxygen atoms in total. The number of methoxy groups -OCH3 is 4. The molecule has 0 bridgehead atoms. The largest absolute Gasteiger partial charge is 0.493 e. The van der Waals surface area contributed by atoms with Crippen LogP contribution in [0.3, 0.4) is 0 Å². The molecule has 1 aromatic heterocycles. The number of fused-ring (bicyclic) bond motifs is 3. The number of carbonyl (C=O) groups is 4. The second-order valence-corrected chi connectivity index (χ2v) is 30.2. The first-order valence-corrected chi connectivity index (χ1v) is 38.4. The van der Waals surface area contributed by atoms with Gasteiger partial charge in [-0.25, -0.2) is 26.3 Å². The summed E-state index contributed by atoms with van der Waals surface area (Å²) in [7, 11) is -1.21. The zero-order chi connectivity index (χ0) is 71.7. The van der Waals surface area contributed by atoms with Gasteiger partial charge in [0.05, 0.1) is 79.9 Å². The van der Waals surface area contributed by atoms with Crippen LogP contribution in [0.15, 0.2) is 198 Å². The smallest absolute Gasteiger partial charge is 0.264 e. The Morgan fingerprint density at radius 3 is 1.31 bits per heavy atom. The Morgan fingerprint density at radius 1 is 0.441 bits per heavy atom. The zero-order valence-corrected chi connectivity index (χ0v) is 60.6. The van der Waals surface area contributed by atoms with Crippen molar-refractivity contribution in [3.63, 3.8) is 0 Å². The fourth-order valence-corrected chi connectivity index (χ4v) is 18.1. The van der Waals surface area contributed by atoms with Crippen molar-refractivity contribution < 1.29 is 55.0 Å². The highest BCUT2D eigenvalue weighted by Gasteiger charge is 2.45. The maximum absolute atomic E-state index is 14.5. The van der Waals surface area contributed by atoms with Gasteiger partial charge >= 0.3 is 0 Å². The van der Waals surface area contributed by atoms with Crippen molar-refractivity contribution >= 4 is 76.5 Å². The van der Waals surface area contributed by atoms with Crippen LogP contribution in [0.2, 0.25) is 0 Å². The van der Waals surface area contributed by atoms with E-state index < -0.39 is 32.1 Å². The predicted molar refractivity (Wildman–Crippen MR) is 398 cm³/mol. The summed E-state index contributed by atoms with van der Waals surface area (Å²) < 4.78 is 80.7. The highest BCUT2D eigenvalue weighted by atomic mass is 32.2. The minimum atomic E-state index is -3.79. The lowest BCUT2D eigenvalue weighted by Gasteiger charge is -2.39. The molecule has 13 rings (SSSR count). The average molecular weight is 1440 g/mol. The number of thiophene rings is 1. The molecule has 2 N–H and O–H groups in total.